The maximum atomic E-state index is 12.2. The highest BCUT2D eigenvalue weighted by Crippen LogP contribution is 2.39. The minimum atomic E-state index is -0.196. The molecule has 1 aromatic rings. The van der Waals surface area contributed by atoms with Crippen molar-refractivity contribution >= 4 is 11.6 Å². The van der Waals surface area contributed by atoms with Crippen LogP contribution in [-0.2, 0) is 4.79 Å². The van der Waals surface area contributed by atoms with Crippen LogP contribution in [0.5, 0.6) is 0 Å². The Kier molecular flexibility index (Phi) is 2.96. The molecule has 1 unspecified atom stereocenters. The van der Waals surface area contributed by atoms with Crippen LogP contribution in [0.4, 0.5) is 5.69 Å². The van der Waals surface area contributed by atoms with E-state index in [1.165, 1.54) is 0 Å². The number of para-hydroxylation sites is 1. The van der Waals surface area contributed by atoms with Crippen molar-refractivity contribution in [1.29, 1.82) is 0 Å². The van der Waals surface area contributed by atoms with Gasteiger partial charge < -0.3 is 10.6 Å². The Hall–Kier alpha value is -1.35. The van der Waals surface area contributed by atoms with Crippen LogP contribution >= 0.6 is 0 Å². The highest BCUT2D eigenvalue weighted by atomic mass is 16.2. The lowest BCUT2D eigenvalue weighted by Gasteiger charge is -2.36. The minimum Gasteiger partial charge on any atom is -0.330 e. The molecule has 92 valence electrons. The number of nitrogens with zero attached hydrogens (tertiary/aromatic N) is 1. The zero-order valence-corrected chi connectivity index (χ0v) is 10.7. The van der Waals surface area contributed by atoms with Gasteiger partial charge in [0.2, 0.25) is 5.91 Å². The van der Waals surface area contributed by atoms with E-state index in [4.69, 9.17) is 5.73 Å². The summed E-state index contributed by atoms with van der Waals surface area (Å²) in [7, 11) is 0. The van der Waals surface area contributed by atoms with Crippen molar-refractivity contribution in [2.24, 2.45) is 11.7 Å². The molecule has 1 amide bonds. The molecule has 1 aliphatic heterocycles. The SMILES string of the molecule is Cc1ccccc1N1C(=O)CC(CN)C1(C)C. The van der Waals surface area contributed by atoms with Crippen LogP contribution in [0.3, 0.4) is 0 Å². The molecule has 2 rings (SSSR count). The van der Waals surface area contributed by atoms with E-state index in [9.17, 15) is 4.79 Å². The van der Waals surface area contributed by atoms with Crippen LogP contribution in [0.2, 0.25) is 0 Å². The van der Waals surface area contributed by atoms with Gasteiger partial charge in [0.15, 0.2) is 0 Å². The molecule has 0 radical (unpaired) electrons. The molecular formula is C14H20N2O. The summed E-state index contributed by atoms with van der Waals surface area (Å²) in [5.41, 5.74) is 7.72. The fourth-order valence-corrected chi connectivity index (χ4v) is 2.69. The summed E-state index contributed by atoms with van der Waals surface area (Å²) < 4.78 is 0. The number of carbonyl (C=O) groups is 1. The average molecular weight is 232 g/mol. The highest BCUT2D eigenvalue weighted by molar-refractivity contribution is 5.98. The van der Waals surface area contributed by atoms with Gasteiger partial charge >= 0.3 is 0 Å². The predicted molar refractivity (Wildman–Crippen MR) is 69.9 cm³/mol. The molecular weight excluding hydrogens is 212 g/mol. The van der Waals surface area contributed by atoms with Gasteiger partial charge in [-0.25, -0.2) is 0 Å². The Labute approximate surface area is 103 Å². The lowest BCUT2D eigenvalue weighted by Crippen LogP contribution is -2.46. The molecule has 1 atom stereocenters. The standard InChI is InChI=1S/C14H20N2O/c1-10-6-4-5-7-12(10)16-13(17)8-11(9-15)14(16,2)3/h4-7,11H,8-9,15H2,1-3H3. The fraction of sp³-hybridized carbons (Fsp3) is 0.500. The predicted octanol–water partition coefficient (Wildman–Crippen LogP) is 2.09. The molecule has 1 heterocycles. The van der Waals surface area contributed by atoms with Crippen molar-refractivity contribution in [2.45, 2.75) is 32.7 Å². The topological polar surface area (TPSA) is 46.3 Å². The van der Waals surface area contributed by atoms with Gasteiger partial charge in [-0.1, -0.05) is 18.2 Å². The minimum absolute atomic E-state index is 0.180. The molecule has 1 saturated heterocycles. The number of nitrogens with two attached hydrogens (primary N) is 1. The quantitative estimate of drug-likeness (QED) is 0.848. The lowest BCUT2D eigenvalue weighted by molar-refractivity contribution is -0.117. The average Bonchev–Trinajstić information content (AvgIpc) is 2.50. The first-order chi connectivity index (χ1) is 7.98. The zero-order valence-electron chi connectivity index (χ0n) is 10.7. The van der Waals surface area contributed by atoms with Gasteiger partial charge in [0, 0.05) is 23.6 Å². The van der Waals surface area contributed by atoms with E-state index in [0.29, 0.717) is 13.0 Å². The summed E-state index contributed by atoms with van der Waals surface area (Å²) in [5, 5.41) is 0. The van der Waals surface area contributed by atoms with Gasteiger partial charge in [-0.3, -0.25) is 4.79 Å². The van der Waals surface area contributed by atoms with Gasteiger partial charge in [0.05, 0.1) is 0 Å². The smallest absolute Gasteiger partial charge is 0.227 e. The monoisotopic (exact) mass is 232 g/mol. The number of hydrogen-bond acceptors (Lipinski definition) is 2. The van der Waals surface area contributed by atoms with Crippen LogP contribution in [0, 0.1) is 12.8 Å². The molecule has 0 bridgehead atoms. The number of rotatable bonds is 2. The summed E-state index contributed by atoms with van der Waals surface area (Å²) in [6.07, 6.45) is 0.553. The second-order valence-electron chi connectivity index (χ2n) is 5.31. The molecule has 0 saturated carbocycles. The first kappa shape index (κ1) is 12.1. The van der Waals surface area contributed by atoms with Gasteiger partial charge in [-0.05, 0) is 38.9 Å². The Morgan fingerprint density at radius 2 is 2.06 bits per heavy atom. The number of anilines is 1. The third kappa shape index (κ3) is 1.84. The molecule has 0 spiro atoms. The molecule has 0 aromatic heterocycles. The number of benzene rings is 1. The summed E-state index contributed by atoms with van der Waals surface area (Å²) in [6.45, 7) is 6.79. The van der Waals surface area contributed by atoms with E-state index in [1.54, 1.807) is 0 Å². The first-order valence-electron chi connectivity index (χ1n) is 6.07. The highest BCUT2D eigenvalue weighted by Gasteiger charge is 2.46. The van der Waals surface area contributed by atoms with Crippen LogP contribution < -0.4 is 10.6 Å². The Morgan fingerprint density at radius 1 is 1.41 bits per heavy atom. The zero-order chi connectivity index (χ0) is 12.6. The largest absolute Gasteiger partial charge is 0.330 e. The number of carbonyl (C=O) groups excluding carboxylic acids is 1. The van der Waals surface area contributed by atoms with Gasteiger partial charge in [-0.15, -0.1) is 0 Å². The number of hydrogen-bond donors (Lipinski definition) is 1. The van der Waals surface area contributed by atoms with Gasteiger partial charge in [-0.2, -0.15) is 0 Å². The molecule has 17 heavy (non-hydrogen) atoms. The van der Waals surface area contributed by atoms with E-state index in [2.05, 4.69) is 13.8 Å². The Bertz CT molecular complexity index is 440. The summed E-state index contributed by atoms with van der Waals surface area (Å²) >= 11 is 0. The molecule has 3 heteroatoms. The molecule has 2 N–H and O–H groups in total. The number of amides is 1. The van der Waals surface area contributed by atoms with Crippen LogP contribution in [0.1, 0.15) is 25.8 Å². The van der Waals surface area contributed by atoms with Gasteiger partial charge in [0.1, 0.15) is 0 Å². The van der Waals surface area contributed by atoms with E-state index < -0.39 is 0 Å². The first-order valence-corrected chi connectivity index (χ1v) is 6.07. The Morgan fingerprint density at radius 3 is 2.59 bits per heavy atom. The van der Waals surface area contributed by atoms with Crippen molar-refractivity contribution in [2.75, 3.05) is 11.4 Å². The summed E-state index contributed by atoms with van der Waals surface area (Å²) in [4.78, 5) is 14.1. The van der Waals surface area contributed by atoms with Crippen molar-refractivity contribution < 1.29 is 4.79 Å². The summed E-state index contributed by atoms with van der Waals surface area (Å²) in [5.74, 6) is 0.411. The van der Waals surface area contributed by atoms with E-state index >= 15 is 0 Å². The van der Waals surface area contributed by atoms with Crippen molar-refractivity contribution in [3.05, 3.63) is 29.8 Å². The molecule has 3 nitrogen and oxygen atoms in total. The van der Waals surface area contributed by atoms with E-state index in [0.717, 1.165) is 11.3 Å². The third-order valence-electron chi connectivity index (χ3n) is 3.89. The normalized spacial score (nSPS) is 23.2. The maximum absolute atomic E-state index is 12.2. The van der Waals surface area contributed by atoms with Crippen LogP contribution in [0.25, 0.3) is 0 Å². The van der Waals surface area contributed by atoms with Crippen molar-refractivity contribution in [3.63, 3.8) is 0 Å². The maximum Gasteiger partial charge on any atom is 0.227 e. The molecule has 1 fully saturated rings. The van der Waals surface area contributed by atoms with Crippen LogP contribution in [0.15, 0.2) is 24.3 Å². The Balaban J connectivity index is 2.45. The number of aryl methyl sites for hydroxylation is 1. The van der Waals surface area contributed by atoms with Crippen molar-refractivity contribution in [1.82, 2.24) is 0 Å². The van der Waals surface area contributed by atoms with E-state index in [1.807, 2.05) is 36.1 Å². The fourth-order valence-electron chi connectivity index (χ4n) is 2.69. The lowest BCUT2D eigenvalue weighted by atomic mass is 9.88. The summed E-state index contributed by atoms with van der Waals surface area (Å²) in [6, 6.07) is 8.01. The van der Waals surface area contributed by atoms with E-state index in [-0.39, 0.29) is 17.4 Å². The van der Waals surface area contributed by atoms with Crippen LogP contribution in [-0.4, -0.2) is 18.0 Å². The van der Waals surface area contributed by atoms with Gasteiger partial charge in [0.25, 0.3) is 0 Å². The molecule has 1 aromatic carbocycles. The third-order valence-corrected chi connectivity index (χ3v) is 3.89. The second kappa shape index (κ2) is 4.15. The molecule has 1 aliphatic rings. The molecule has 0 aliphatic carbocycles. The second-order valence-corrected chi connectivity index (χ2v) is 5.31. The van der Waals surface area contributed by atoms with Crippen molar-refractivity contribution in [3.8, 4) is 0 Å².